The summed E-state index contributed by atoms with van der Waals surface area (Å²) in [5.74, 6) is -3.41. The molecule has 3 unspecified atom stereocenters. The third-order valence-electron chi connectivity index (χ3n) is 12.6. The lowest BCUT2D eigenvalue weighted by Gasteiger charge is -2.26. The van der Waals surface area contributed by atoms with Gasteiger partial charge in [0.1, 0.15) is 12.1 Å². The third kappa shape index (κ3) is 13.4. The summed E-state index contributed by atoms with van der Waals surface area (Å²) in [5, 5.41) is 14.1. The molecule has 1 aliphatic heterocycles. The molecule has 3 aromatic carbocycles. The number of amides is 5. The van der Waals surface area contributed by atoms with Gasteiger partial charge >= 0.3 is 6.18 Å². The highest BCUT2D eigenvalue weighted by molar-refractivity contribution is 5.97. The van der Waals surface area contributed by atoms with Gasteiger partial charge in [0, 0.05) is 62.1 Å². The van der Waals surface area contributed by atoms with Gasteiger partial charge in [-0.05, 0) is 54.5 Å². The maximum atomic E-state index is 14.7. The van der Waals surface area contributed by atoms with Crippen molar-refractivity contribution in [3.63, 3.8) is 0 Å². The van der Waals surface area contributed by atoms with Crippen LogP contribution in [-0.2, 0) is 19.2 Å². The smallest absolute Gasteiger partial charge is 0.354 e. The van der Waals surface area contributed by atoms with Crippen molar-refractivity contribution in [2.75, 3.05) is 26.2 Å². The summed E-state index contributed by atoms with van der Waals surface area (Å²) >= 11 is 0. The monoisotopic (exact) mass is 872 g/mol. The number of alkyl halides is 3. The summed E-state index contributed by atoms with van der Waals surface area (Å²) in [6.07, 6.45) is 3.90. The summed E-state index contributed by atoms with van der Waals surface area (Å²) in [5.41, 5.74) is 2.15. The normalized spacial score (nSPS) is 22.4. The Hall–Kier alpha value is -5.24. The van der Waals surface area contributed by atoms with Gasteiger partial charge in [0.05, 0.1) is 11.8 Å². The molecule has 8 atom stereocenters. The average Bonchev–Trinajstić information content (AvgIpc) is 4.19. The van der Waals surface area contributed by atoms with E-state index in [1.165, 1.54) is 29.2 Å². The second kappa shape index (κ2) is 22.4. The Kier molecular flexibility index (Phi) is 16.8. The average molecular weight is 873 g/mol. The zero-order valence-electron chi connectivity index (χ0n) is 36.4. The first-order valence-electron chi connectivity index (χ1n) is 22.8. The molecule has 3 fully saturated rings. The molecule has 0 radical (unpaired) electrons. The van der Waals surface area contributed by atoms with Crippen molar-refractivity contribution in [3.8, 4) is 0 Å². The van der Waals surface area contributed by atoms with Gasteiger partial charge in [-0.1, -0.05) is 125 Å². The van der Waals surface area contributed by atoms with Gasteiger partial charge in [-0.15, -0.1) is 0 Å². The highest BCUT2D eigenvalue weighted by Crippen LogP contribution is 2.43. The van der Waals surface area contributed by atoms with Crippen LogP contribution in [0.2, 0.25) is 0 Å². The van der Waals surface area contributed by atoms with E-state index < -0.39 is 54.4 Å². The van der Waals surface area contributed by atoms with Gasteiger partial charge in [0.15, 0.2) is 0 Å². The van der Waals surface area contributed by atoms with Crippen LogP contribution < -0.4 is 26.6 Å². The number of unbranched alkanes of at least 4 members (excludes halogenated alkanes) is 6. The maximum absolute atomic E-state index is 14.7. The zero-order valence-corrected chi connectivity index (χ0v) is 36.4. The molecule has 5 amide bonds. The Morgan fingerprint density at radius 3 is 1.71 bits per heavy atom. The van der Waals surface area contributed by atoms with E-state index in [4.69, 9.17) is 0 Å². The molecular weight excluding hydrogens is 810 g/mol. The van der Waals surface area contributed by atoms with E-state index in [-0.39, 0.29) is 66.4 Å². The first-order valence-corrected chi connectivity index (χ1v) is 22.8. The molecule has 11 nitrogen and oxygen atoms in total. The molecule has 2 saturated carbocycles. The van der Waals surface area contributed by atoms with Gasteiger partial charge in [-0.2, -0.15) is 13.2 Å². The van der Waals surface area contributed by atoms with E-state index in [1.807, 2.05) is 67.6 Å². The lowest BCUT2D eigenvalue weighted by Crippen LogP contribution is -2.53. The number of carbonyl (C=O) groups excluding carboxylic acids is 5. The quantitative estimate of drug-likeness (QED) is 0.0645. The lowest BCUT2D eigenvalue weighted by molar-refractivity contribution is -0.158. The van der Waals surface area contributed by atoms with Gasteiger partial charge in [0.25, 0.3) is 5.91 Å². The van der Waals surface area contributed by atoms with Crippen LogP contribution in [0.5, 0.6) is 0 Å². The van der Waals surface area contributed by atoms with Crippen molar-refractivity contribution < 1.29 is 37.1 Å². The van der Waals surface area contributed by atoms with Crippen LogP contribution in [0.4, 0.5) is 13.2 Å². The molecule has 6 rings (SSSR count). The summed E-state index contributed by atoms with van der Waals surface area (Å²) in [6, 6.07) is 21.2. The summed E-state index contributed by atoms with van der Waals surface area (Å²) in [4.78, 5) is 69.1. The maximum Gasteiger partial charge on any atom is 0.407 e. The Morgan fingerprint density at radius 1 is 0.683 bits per heavy atom. The van der Waals surface area contributed by atoms with Crippen molar-refractivity contribution in [2.45, 2.75) is 127 Å². The van der Waals surface area contributed by atoms with Crippen molar-refractivity contribution in [1.29, 1.82) is 0 Å². The Morgan fingerprint density at radius 2 is 1.21 bits per heavy atom. The molecule has 63 heavy (non-hydrogen) atoms. The topological polar surface area (TPSA) is 149 Å². The first kappa shape index (κ1) is 47.2. The van der Waals surface area contributed by atoms with Gasteiger partial charge in [0.2, 0.25) is 23.6 Å². The molecule has 340 valence electrons. The van der Waals surface area contributed by atoms with Crippen LogP contribution in [0.1, 0.15) is 129 Å². The molecule has 3 aromatic rings. The van der Waals surface area contributed by atoms with Crippen LogP contribution in [0.25, 0.3) is 0 Å². The zero-order chi connectivity index (χ0) is 44.9. The highest BCUT2D eigenvalue weighted by Gasteiger charge is 2.49. The predicted octanol–water partition coefficient (Wildman–Crippen LogP) is 7.06. The van der Waals surface area contributed by atoms with Crippen molar-refractivity contribution in [3.05, 3.63) is 107 Å². The minimum absolute atomic E-state index is 0.0286. The molecule has 3 aliphatic rings. The number of likely N-dealkylation sites (tertiary alicyclic amines) is 1. The minimum Gasteiger partial charge on any atom is -0.354 e. The molecular formula is C49H63F3N6O5. The van der Waals surface area contributed by atoms with Crippen LogP contribution in [0.3, 0.4) is 0 Å². The number of rotatable bonds is 23. The predicted molar refractivity (Wildman–Crippen MR) is 235 cm³/mol. The van der Waals surface area contributed by atoms with E-state index in [0.717, 1.165) is 62.5 Å². The fraction of sp³-hybridized carbons (Fsp3) is 0.531. The number of halogens is 3. The first-order chi connectivity index (χ1) is 30.4. The number of benzene rings is 3. The van der Waals surface area contributed by atoms with Crippen molar-refractivity contribution >= 4 is 29.5 Å². The lowest BCUT2D eigenvalue weighted by atomic mass is 9.94. The number of nitrogens with zero attached hydrogens (tertiary/aromatic N) is 1. The molecule has 0 aromatic heterocycles. The fourth-order valence-corrected chi connectivity index (χ4v) is 8.66. The molecule has 0 bridgehead atoms. The second-order valence-corrected chi connectivity index (χ2v) is 17.4. The molecule has 0 spiro atoms. The van der Waals surface area contributed by atoms with E-state index in [1.54, 1.807) is 0 Å². The van der Waals surface area contributed by atoms with Gasteiger partial charge in [-0.25, -0.2) is 0 Å². The Labute approximate surface area is 369 Å². The molecule has 14 heteroatoms. The summed E-state index contributed by atoms with van der Waals surface area (Å²) < 4.78 is 44.0. The van der Waals surface area contributed by atoms with Crippen LogP contribution in [-0.4, -0.2) is 84.9 Å². The Balaban J connectivity index is 1.11. The van der Waals surface area contributed by atoms with E-state index in [0.29, 0.717) is 19.4 Å². The van der Waals surface area contributed by atoms with Crippen LogP contribution in [0.15, 0.2) is 84.9 Å². The summed E-state index contributed by atoms with van der Waals surface area (Å²) in [6.45, 7) is 3.92. The van der Waals surface area contributed by atoms with Crippen LogP contribution >= 0.6 is 0 Å². The summed E-state index contributed by atoms with van der Waals surface area (Å²) in [7, 11) is 0. The SMILES string of the molecule is CCCCCCNC(=O)[C@H](CNC(c1ccc(C(=O)N2CC(C(=O)N[C@H]3C[C@@H]3c3ccccc3)C(C(=O)N[C@H]3C[C@@H]3c3ccccc3)C2)cc1)C(F)(F)F)NC(=O)CCCCCC. The minimum atomic E-state index is -4.78. The number of carbonyl (C=O) groups is 5. The van der Waals surface area contributed by atoms with E-state index in [9.17, 15) is 37.1 Å². The second-order valence-electron chi connectivity index (χ2n) is 17.4. The number of hydrogen-bond acceptors (Lipinski definition) is 6. The van der Waals surface area contributed by atoms with Gasteiger partial charge < -0.3 is 26.2 Å². The molecule has 1 saturated heterocycles. The van der Waals surface area contributed by atoms with Gasteiger partial charge in [-0.3, -0.25) is 29.3 Å². The standard InChI is InChI=1S/C49H63F3N6O5/c1-3-5-7-15-21-43(59)55-42(47(62)53-26-16-8-6-4-2)29-54-44(49(50,51)52)34-22-24-35(25-23-34)48(63)58-30-38(45(60)56-40-27-36(40)32-17-11-9-12-18-32)39(31-58)46(61)57-41-28-37(41)33-19-13-10-14-20-33/h9-14,17-20,22-25,36-42,44,54H,3-8,15-16,21,26-31H2,1-2H3,(H,53,62)(H,55,59)(H,56,60)(H,57,61)/t36-,37-,38?,39?,40+,41+,42+,44?/m1/s1. The van der Waals surface area contributed by atoms with E-state index in [2.05, 4.69) is 33.5 Å². The highest BCUT2D eigenvalue weighted by atomic mass is 19.4. The third-order valence-corrected chi connectivity index (χ3v) is 12.6. The fourth-order valence-electron chi connectivity index (χ4n) is 8.66. The number of hydrogen-bond donors (Lipinski definition) is 5. The van der Waals surface area contributed by atoms with E-state index >= 15 is 0 Å². The molecule has 5 N–H and O–H groups in total. The Bertz CT molecular complexity index is 1910. The largest absolute Gasteiger partial charge is 0.407 e. The van der Waals surface area contributed by atoms with Crippen molar-refractivity contribution in [1.82, 2.24) is 31.5 Å². The van der Waals surface area contributed by atoms with Crippen LogP contribution in [0, 0.1) is 11.8 Å². The molecule has 2 aliphatic carbocycles. The molecule has 1 heterocycles. The number of nitrogens with one attached hydrogen (secondary N) is 5. The van der Waals surface area contributed by atoms with Crippen molar-refractivity contribution in [2.24, 2.45) is 11.8 Å².